The number of para-hydroxylation sites is 1. The topological polar surface area (TPSA) is 29.9 Å². The number of nitrogens with zero attached hydrogens (tertiary/aromatic N) is 2. The summed E-state index contributed by atoms with van der Waals surface area (Å²) in [5, 5.41) is 9.28. The van der Waals surface area contributed by atoms with E-state index in [2.05, 4.69) is 41.6 Å². The highest BCUT2D eigenvalue weighted by atomic mass is 35.5. The number of fused-ring (bicyclic) bond motifs is 1. The highest BCUT2D eigenvalue weighted by molar-refractivity contribution is 6.18. The van der Waals surface area contributed by atoms with E-state index in [0.29, 0.717) is 5.92 Å². The molecule has 0 saturated heterocycles. The summed E-state index contributed by atoms with van der Waals surface area (Å²) in [6.45, 7) is 4.04. The van der Waals surface area contributed by atoms with Crippen LogP contribution in [-0.4, -0.2) is 22.2 Å². The molecule has 0 aliphatic rings. The first-order valence-corrected chi connectivity index (χ1v) is 7.43. The molecule has 0 spiro atoms. The van der Waals surface area contributed by atoms with Crippen LogP contribution in [0.25, 0.3) is 10.9 Å². The number of hydrogen-bond acceptors (Lipinski definition) is 2. The molecule has 0 fully saturated rings. The van der Waals surface area contributed by atoms with Gasteiger partial charge in [-0.2, -0.15) is 5.10 Å². The second-order valence-electron chi connectivity index (χ2n) is 5.17. The van der Waals surface area contributed by atoms with Crippen molar-refractivity contribution in [3.63, 3.8) is 0 Å². The lowest BCUT2D eigenvalue weighted by molar-refractivity contribution is 0.529. The first kappa shape index (κ1) is 14.4. The van der Waals surface area contributed by atoms with Crippen LogP contribution in [0.3, 0.4) is 0 Å². The molecule has 1 atom stereocenters. The monoisotopic (exact) mass is 279 g/mol. The Morgan fingerprint density at radius 2 is 2.16 bits per heavy atom. The van der Waals surface area contributed by atoms with Gasteiger partial charge in [0.05, 0.1) is 11.2 Å². The molecule has 1 heterocycles. The summed E-state index contributed by atoms with van der Waals surface area (Å²) in [4.78, 5) is 0. The molecule has 2 aromatic rings. The standard InChI is InChI=1S/C15H22ClN3/c1-12(10-16)6-5-9-17-11-14-13-7-3-4-8-15(13)19(2)18-14/h3-4,7-8,12,17H,5-6,9-11H2,1-2H3. The lowest BCUT2D eigenvalue weighted by Crippen LogP contribution is -2.16. The molecule has 1 unspecified atom stereocenters. The fourth-order valence-electron chi connectivity index (χ4n) is 2.28. The fourth-order valence-corrected chi connectivity index (χ4v) is 2.43. The van der Waals surface area contributed by atoms with Gasteiger partial charge in [0.25, 0.3) is 0 Å². The molecular weight excluding hydrogens is 258 g/mol. The molecule has 19 heavy (non-hydrogen) atoms. The number of aromatic nitrogens is 2. The third-order valence-corrected chi connectivity index (χ3v) is 3.97. The van der Waals surface area contributed by atoms with Crippen molar-refractivity contribution in [1.29, 1.82) is 0 Å². The van der Waals surface area contributed by atoms with Crippen molar-refractivity contribution in [1.82, 2.24) is 15.1 Å². The van der Waals surface area contributed by atoms with Crippen molar-refractivity contribution < 1.29 is 0 Å². The van der Waals surface area contributed by atoms with E-state index < -0.39 is 0 Å². The van der Waals surface area contributed by atoms with E-state index in [1.165, 1.54) is 23.7 Å². The van der Waals surface area contributed by atoms with Gasteiger partial charge in [-0.25, -0.2) is 0 Å². The van der Waals surface area contributed by atoms with Gasteiger partial charge in [-0.1, -0.05) is 25.1 Å². The largest absolute Gasteiger partial charge is 0.311 e. The van der Waals surface area contributed by atoms with E-state index in [0.717, 1.165) is 24.7 Å². The van der Waals surface area contributed by atoms with E-state index >= 15 is 0 Å². The van der Waals surface area contributed by atoms with Gasteiger partial charge in [-0.05, 0) is 31.4 Å². The predicted octanol–water partition coefficient (Wildman–Crippen LogP) is 3.32. The third-order valence-electron chi connectivity index (χ3n) is 3.44. The zero-order valence-electron chi connectivity index (χ0n) is 11.7. The van der Waals surface area contributed by atoms with Crippen molar-refractivity contribution in [3.8, 4) is 0 Å². The lowest BCUT2D eigenvalue weighted by atomic mass is 10.1. The molecule has 3 nitrogen and oxygen atoms in total. The fraction of sp³-hybridized carbons (Fsp3) is 0.533. The molecule has 1 aromatic heterocycles. The van der Waals surface area contributed by atoms with Crippen molar-refractivity contribution in [2.24, 2.45) is 13.0 Å². The minimum Gasteiger partial charge on any atom is -0.311 e. The maximum atomic E-state index is 5.80. The van der Waals surface area contributed by atoms with Crippen molar-refractivity contribution in [3.05, 3.63) is 30.0 Å². The number of nitrogens with one attached hydrogen (secondary N) is 1. The highest BCUT2D eigenvalue weighted by Gasteiger charge is 2.07. The summed E-state index contributed by atoms with van der Waals surface area (Å²) < 4.78 is 1.95. The third kappa shape index (κ3) is 3.71. The van der Waals surface area contributed by atoms with Gasteiger partial charge in [0, 0.05) is 24.9 Å². The molecule has 0 amide bonds. The number of hydrogen-bond donors (Lipinski definition) is 1. The number of rotatable bonds is 7. The number of alkyl halides is 1. The Kier molecular flexibility index (Phi) is 5.23. The minimum absolute atomic E-state index is 0.610. The predicted molar refractivity (Wildman–Crippen MR) is 81.5 cm³/mol. The van der Waals surface area contributed by atoms with Gasteiger partial charge in [0.2, 0.25) is 0 Å². The first-order valence-electron chi connectivity index (χ1n) is 6.89. The molecule has 104 valence electrons. The molecule has 1 aromatic carbocycles. The SMILES string of the molecule is CC(CCl)CCCNCc1nn(C)c2ccccc12. The molecule has 1 N–H and O–H groups in total. The second kappa shape index (κ2) is 6.92. The van der Waals surface area contributed by atoms with Crippen LogP contribution in [0.5, 0.6) is 0 Å². The minimum atomic E-state index is 0.610. The Morgan fingerprint density at radius 3 is 2.95 bits per heavy atom. The Hall–Kier alpha value is -1.06. The Bertz CT molecular complexity index is 521. The summed E-state index contributed by atoms with van der Waals surface area (Å²) in [5.74, 6) is 1.37. The van der Waals surface area contributed by atoms with E-state index in [-0.39, 0.29) is 0 Å². The van der Waals surface area contributed by atoms with Gasteiger partial charge in [-0.3, -0.25) is 4.68 Å². The van der Waals surface area contributed by atoms with Crippen molar-refractivity contribution >= 4 is 22.5 Å². The maximum Gasteiger partial charge on any atom is 0.0841 e. The molecule has 0 aliphatic carbocycles. The number of benzene rings is 1. The van der Waals surface area contributed by atoms with Crippen LogP contribution in [0.1, 0.15) is 25.5 Å². The second-order valence-corrected chi connectivity index (χ2v) is 5.47. The van der Waals surface area contributed by atoms with Crippen molar-refractivity contribution in [2.75, 3.05) is 12.4 Å². The normalized spacial score (nSPS) is 13.0. The van der Waals surface area contributed by atoms with Crippen LogP contribution in [0.4, 0.5) is 0 Å². The molecule has 0 radical (unpaired) electrons. The summed E-state index contributed by atoms with van der Waals surface area (Å²) in [5.41, 5.74) is 2.32. The Labute approximate surface area is 119 Å². The van der Waals surface area contributed by atoms with E-state index in [1.54, 1.807) is 0 Å². The number of aryl methyl sites for hydroxylation is 1. The molecule has 4 heteroatoms. The van der Waals surface area contributed by atoms with Gasteiger partial charge < -0.3 is 5.32 Å². The molecule has 0 aliphatic heterocycles. The highest BCUT2D eigenvalue weighted by Crippen LogP contribution is 2.17. The van der Waals surface area contributed by atoms with Crippen LogP contribution in [-0.2, 0) is 13.6 Å². The maximum absolute atomic E-state index is 5.80. The quantitative estimate of drug-likeness (QED) is 0.622. The lowest BCUT2D eigenvalue weighted by Gasteiger charge is -2.07. The smallest absolute Gasteiger partial charge is 0.0841 e. The zero-order chi connectivity index (χ0) is 13.7. The van der Waals surface area contributed by atoms with Crippen LogP contribution >= 0.6 is 11.6 Å². The van der Waals surface area contributed by atoms with Gasteiger partial charge >= 0.3 is 0 Å². The summed E-state index contributed by atoms with van der Waals surface area (Å²) in [7, 11) is 1.99. The summed E-state index contributed by atoms with van der Waals surface area (Å²) in [6, 6.07) is 8.35. The van der Waals surface area contributed by atoms with E-state index in [4.69, 9.17) is 11.6 Å². The van der Waals surface area contributed by atoms with Gasteiger partial charge in [-0.15, -0.1) is 11.6 Å². The van der Waals surface area contributed by atoms with Crippen LogP contribution in [0.15, 0.2) is 24.3 Å². The zero-order valence-corrected chi connectivity index (χ0v) is 12.5. The average molecular weight is 280 g/mol. The molecular formula is C15H22ClN3. The molecule has 0 bridgehead atoms. The van der Waals surface area contributed by atoms with Crippen LogP contribution in [0, 0.1) is 5.92 Å². The Morgan fingerprint density at radius 1 is 1.37 bits per heavy atom. The number of halogens is 1. The summed E-state index contributed by atoms with van der Waals surface area (Å²) in [6.07, 6.45) is 2.35. The Balaban J connectivity index is 1.85. The average Bonchev–Trinajstić information content (AvgIpc) is 2.75. The van der Waals surface area contributed by atoms with Crippen molar-refractivity contribution in [2.45, 2.75) is 26.3 Å². The van der Waals surface area contributed by atoms with Gasteiger partial charge in [0.1, 0.15) is 0 Å². The van der Waals surface area contributed by atoms with E-state index in [1.807, 2.05) is 11.7 Å². The molecule has 0 saturated carbocycles. The van der Waals surface area contributed by atoms with E-state index in [9.17, 15) is 0 Å². The summed E-state index contributed by atoms with van der Waals surface area (Å²) >= 11 is 5.80. The van der Waals surface area contributed by atoms with Gasteiger partial charge in [0.15, 0.2) is 0 Å². The van der Waals surface area contributed by atoms with Crippen LogP contribution < -0.4 is 5.32 Å². The van der Waals surface area contributed by atoms with Crippen LogP contribution in [0.2, 0.25) is 0 Å². The molecule has 2 rings (SSSR count). The first-order chi connectivity index (χ1) is 9.22.